The second-order valence-corrected chi connectivity index (χ2v) is 7.70. The van der Waals surface area contributed by atoms with Crippen molar-refractivity contribution in [2.75, 3.05) is 29.8 Å². The minimum absolute atomic E-state index is 0.152. The van der Waals surface area contributed by atoms with Gasteiger partial charge in [0.1, 0.15) is 11.5 Å². The van der Waals surface area contributed by atoms with Crippen LogP contribution in [0, 0.1) is 0 Å². The third-order valence-electron chi connectivity index (χ3n) is 5.47. The maximum Gasteiger partial charge on any atom is 0.255 e. The molecule has 2 N–H and O–H groups in total. The number of hydrogen-bond donors (Lipinski definition) is 2. The number of anilines is 3. The molecule has 0 radical (unpaired) electrons. The number of nitrogens with one attached hydrogen (secondary N) is 2. The Morgan fingerprint density at radius 2 is 1.23 bits per heavy atom. The Hall–Kier alpha value is -4.66. The van der Waals surface area contributed by atoms with Crippen LogP contribution < -0.4 is 25.0 Å². The van der Waals surface area contributed by atoms with Gasteiger partial charge in [-0.05, 0) is 30.3 Å². The van der Waals surface area contributed by atoms with Crippen LogP contribution in [0.5, 0.6) is 11.5 Å². The monoisotopic (exact) mass is 473 g/mol. The van der Waals surface area contributed by atoms with Gasteiger partial charge < -0.3 is 20.1 Å². The summed E-state index contributed by atoms with van der Waals surface area (Å²) >= 11 is 0. The zero-order chi connectivity index (χ0) is 24.9. The third kappa shape index (κ3) is 4.98. The molecule has 4 rings (SSSR count). The predicted octanol–water partition coefficient (Wildman–Crippen LogP) is 3.86. The maximum absolute atomic E-state index is 13.0. The number of carbonyl (C=O) groups excluding carboxylic acids is 4. The average molecular weight is 473 g/mol. The molecule has 3 aromatic rings. The molecular weight excluding hydrogens is 450 g/mol. The van der Waals surface area contributed by atoms with Crippen molar-refractivity contribution < 1.29 is 28.7 Å². The molecule has 3 aromatic carbocycles. The van der Waals surface area contributed by atoms with E-state index in [1.807, 2.05) is 6.07 Å². The highest BCUT2D eigenvalue weighted by Gasteiger charge is 2.30. The van der Waals surface area contributed by atoms with Crippen LogP contribution in [0.1, 0.15) is 33.6 Å². The highest BCUT2D eigenvalue weighted by molar-refractivity contribution is 6.20. The summed E-state index contributed by atoms with van der Waals surface area (Å²) in [5.41, 5.74) is 1.74. The minimum Gasteiger partial charge on any atom is -0.494 e. The lowest BCUT2D eigenvalue weighted by molar-refractivity contribution is -0.121. The minimum atomic E-state index is -0.479. The van der Waals surface area contributed by atoms with Crippen molar-refractivity contribution in [3.8, 4) is 11.5 Å². The zero-order valence-corrected chi connectivity index (χ0v) is 19.2. The van der Waals surface area contributed by atoms with Gasteiger partial charge in [-0.15, -0.1) is 0 Å². The summed E-state index contributed by atoms with van der Waals surface area (Å²) in [7, 11) is 2.88. The number of ether oxygens (including phenoxy) is 2. The Bertz CT molecular complexity index is 1290. The van der Waals surface area contributed by atoms with Gasteiger partial charge in [0.25, 0.3) is 11.8 Å². The van der Waals surface area contributed by atoms with Crippen LogP contribution in [0.25, 0.3) is 0 Å². The van der Waals surface area contributed by atoms with Gasteiger partial charge in [-0.1, -0.05) is 24.3 Å². The van der Waals surface area contributed by atoms with Gasteiger partial charge in [-0.2, -0.15) is 0 Å². The topological polar surface area (TPSA) is 114 Å². The molecule has 1 aliphatic rings. The Morgan fingerprint density at radius 1 is 0.714 bits per heavy atom. The number of imide groups is 1. The van der Waals surface area contributed by atoms with Gasteiger partial charge in [-0.3, -0.25) is 24.1 Å². The first-order chi connectivity index (χ1) is 16.9. The van der Waals surface area contributed by atoms with Crippen LogP contribution in [0.4, 0.5) is 17.1 Å². The second kappa shape index (κ2) is 10.1. The van der Waals surface area contributed by atoms with Gasteiger partial charge in [0.15, 0.2) is 0 Å². The van der Waals surface area contributed by atoms with Gasteiger partial charge in [0.2, 0.25) is 11.8 Å². The van der Waals surface area contributed by atoms with E-state index in [4.69, 9.17) is 9.47 Å². The predicted molar refractivity (Wildman–Crippen MR) is 130 cm³/mol. The van der Waals surface area contributed by atoms with Crippen LogP contribution in [-0.4, -0.2) is 37.8 Å². The largest absolute Gasteiger partial charge is 0.494 e. The van der Waals surface area contributed by atoms with Crippen LogP contribution in [0.2, 0.25) is 0 Å². The molecule has 4 amide bonds. The quantitative estimate of drug-likeness (QED) is 0.504. The van der Waals surface area contributed by atoms with Gasteiger partial charge in [-0.25, -0.2) is 0 Å². The van der Waals surface area contributed by atoms with E-state index in [1.165, 1.54) is 26.4 Å². The van der Waals surface area contributed by atoms with Crippen LogP contribution >= 0.6 is 0 Å². The molecule has 0 spiro atoms. The number of benzene rings is 3. The van der Waals surface area contributed by atoms with Crippen molar-refractivity contribution in [1.82, 2.24) is 0 Å². The maximum atomic E-state index is 13.0. The molecule has 0 bridgehead atoms. The van der Waals surface area contributed by atoms with E-state index in [1.54, 1.807) is 48.5 Å². The van der Waals surface area contributed by atoms with Gasteiger partial charge >= 0.3 is 0 Å². The molecule has 0 aromatic heterocycles. The molecule has 35 heavy (non-hydrogen) atoms. The molecular formula is C26H23N3O6. The van der Waals surface area contributed by atoms with E-state index in [2.05, 4.69) is 10.6 Å². The molecule has 0 aliphatic carbocycles. The number of amides is 4. The van der Waals surface area contributed by atoms with E-state index in [0.717, 1.165) is 4.90 Å². The molecule has 0 unspecified atom stereocenters. The van der Waals surface area contributed by atoms with E-state index < -0.39 is 5.91 Å². The molecule has 1 saturated heterocycles. The Labute approximate surface area is 201 Å². The van der Waals surface area contributed by atoms with Crippen molar-refractivity contribution in [1.29, 1.82) is 0 Å². The number of carbonyl (C=O) groups is 4. The number of hydrogen-bond acceptors (Lipinski definition) is 6. The molecule has 178 valence electrons. The third-order valence-corrected chi connectivity index (χ3v) is 5.47. The molecule has 9 nitrogen and oxygen atoms in total. The molecule has 0 saturated carbocycles. The van der Waals surface area contributed by atoms with Crippen molar-refractivity contribution in [2.45, 2.75) is 12.8 Å². The summed E-state index contributed by atoms with van der Waals surface area (Å²) in [6.45, 7) is 0. The fraction of sp³-hybridized carbons (Fsp3) is 0.154. The summed E-state index contributed by atoms with van der Waals surface area (Å²) in [6, 6.07) is 18.0. The van der Waals surface area contributed by atoms with E-state index >= 15 is 0 Å². The number of rotatable bonds is 7. The average Bonchev–Trinajstić information content (AvgIpc) is 3.22. The lowest BCUT2D eigenvalue weighted by Crippen LogP contribution is -2.28. The SMILES string of the molecule is COc1cc(NC(=O)c2cccc(N3C(=O)CCC3=O)c2)c(OC)cc1NC(=O)c1ccccc1. The highest BCUT2D eigenvalue weighted by Crippen LogP contribution is 2.37. The van der Waals surface area contributed by atoms with E-state index in [-0.39, 0.29) is 36.1 Å². The molecule has 1 fully saturated rings. The Balaban J connectivity index is 1.58. The Kier molecular flexibility index (Phi) is 6.77. The second-order valence-electron chi connectivity index (χ2n) is 7.70. The first kappa shape index (κ1) is 23.5. The standard InChI is InChI=1S/C26H23N3O6/c1-34-21-15-20(22(35-2)14-19(21)27-25(32)16-7-4-3-5-8-16)28-26(33)17-9-6-10-18(13-17)29-23(30)11-12-24(29)31/h3-10,13-15H,11-12H2,1-2H3,(H,27,32)(H,28,33). The van der Waals surface area contributed by atoms with E-state index in [9.17, 15) is 19.2 Å². The van der Waals surface area contributed by atoms with Crippen molar-refractivity contribution >= 4 is 40.7 Å². The molecule has 1 heterocycles. The summed E-state index contributed by atoms with van der Waals surface area (Å²) < 4.78 is 10.8. The number of nitrogens with zero attached hydrogens (tertiary/aromatic N) is 1. The zero-order valence-electron chi connectivity index (χ0n) is 19.2. The Morgan fingerprint density at radius 3 is 1.77 bits per heavy atom. The molecule has 1 aliphatic heterocycles. The number of methoxy groups -OCH3 is 2. The van der Waals surface area contributed by atoms with Crippen LogP contribution in [0.15, 0.2) is 66.7 Å². The highest BCUT2D eigenvalue weighted by atomic mass is 16.5. The van der Waals surface area contributed by atoms with Gasteiger partial charge in [0.05, 0.1) is 31.3 Å². The first-order valence-electron chi connectivity index (χ1n) is 10.8. The van der Waals surface area contributed by atoms with Crippen molar-refractivity contribution in [3.05, 3.63) is 77.9 Å². The summed E-state index contributed by atoms with van der Waals surface area (Å²) in [5, 5.41) is 5.55. The summed E-state index contributed by atoms with van der Waals surface area (Å²) in [6.07, 6.45) is 0.304. The summed E-state index contributed by atoms with van der Waals surface area (Å²) in [4.78, 5) is 50.8. The normalized spacial score (nSPS) is 12.9. The van der Waals surface area contributed by atoms with Crippen LogP contribution in [-0.2, 0) is 9.59 Å². The van der Waals surface area contributed by atoms with Gasteiger partial charge in [0, 0.05) is 36.1 Å². The van der Waals surface area contributed by atoms with Crippen LogP contribution in [0.3, 0.4) is 0 Å². The van der Waals surface area contributed by atoms with Crippen molar-refractivity contribution in [2.24, 2.45) is 0 Å². The fourth-order valence-electron chi connectivity index (χ4n) is 3.72. The molecule has 0 atom stereocenters. The molecule has 9 heteroatoms. The van der Waals surface area contributed by atoms with E-state index in [0.29, 0.717) is 34.1 Å². The first-order valence-corrected chi connectivity index (χ1v) is 10.8. The van der Waals surface area contributed by atoms with Crippen molar-refractivity contribution in [3.63, 3.8) is 0 Å². The summed E-state index contributed by atoms with van der Waals surface area (Å²) in [5.74, 6) is -0.798. The fourth-order valence-corrected chi connectivity index (χ4v) is 3.72. The lowest BCUT2D eigenvalue weighted by atomic mass is 10.1. The lowest BCUT2D eigenvalue weighted by Gasteiger charge is -2.17. The smallest absolute Gasteiger partial charge is 0.255 e.